The summed E-state index contributed by atoms with van der Waals surface area (Å²) in [5, 5.41) is 13.9. The number of likely N-dealkylation sites (N-methyl/N-ethyl adjacent to an activating group) is 1. The Balaban J connectivity index is 4.35. The van der Waals surface area contributed by atoms with Crippen LogP contribution in [0.5, 0.6) is 0 Å². The molecule has 0 heterocycles. The molecule has 8 nitrogen and oxygen atoms in total. The lowest BCUT2D eigenvalue weighted by molar-refractivity contribution is -0.870. The van der Waals surface area contributed by atoms with Crippen LogP contribution in [0.2, 0.25) is 0 Å². The highest BCUT2D eigenvalue weighted by Gasteiger charge is 2.24. The number of amides is 1. The molecule has 9 heteroatoms. The summed E-state index contributed by atoms with van der Waals surface area (Å²) in [6.07, 6.45) is 36.6. The zero-order valence-electron chi connectivity index (χ0n) is 34.6. The maximum atomic E-state index is 12.8. The molecule has 0 spiro atoms. The monoisotopic (exact) mass is 747 g/mol. The second-order valence-corrected chi connectivity index (χ2v) is 17.8. The molecular weight excluding hydrogens is 659 g/mol. The van der Waals surface area contributed by atoms with Gasteiger partial charge in [-0.2, -0.15) is 0 Å². The van der Waals surface area contributed by atoms with E-state index in [1.807, 2.05) is 21.1 Å². The molecule has 0 saturated carbocycles. The van der Waals surface area contributed by atoms with Crippen molar-refractivity contribution in [2.75, 3.05) is 40.9 Å². The van der Waals surface area contributed by atoms with Crippen molar-refractivity contribution >= 4 is 13.7 Å². The maximum Gasteiger partial charge on any atom is 0.268 e. The number of quaternary nitrogens is 1. The van der Waals surface area contributed by atoms with Gasteiger partial charge in [0.05, 0.1) is 39.9 Å². The van der Waals surface area contributed by atoms with Crippen molar-refractivity contribution in [2.45, 2.75) is 225 Å². The largest absolute Gasteiger partial charge is 0.756 e. The van der Waals surface area contributed by atoms with Gasteiger partial charge in [0.2, 0.25) is 5.91 Å². The third kappa shape index (κ3) is 37.6. The summed E-state index contributed by atoms with van der Waals surface area (Å²) in [5.41, 5.74) is 0. The highest BCUT2D eigenvalue weighted by molar-refractivity contribution is 7.45. The molecule has 0 aromatic carbocycles. The molecule has 0 aromatic heterocycles. The second kappa shape index (κ2) is 35.2. The van der Waals surface area contributed by atoms with Gasteiger partial charge in [-0.25, -0.2) is 0 Å². The standard InChI is InChI=1S/C42H87N2O6P/c1-6-8-10-12-14-16-18-20-21-22-24-25-27-29-31-33-35-41(45)40(39-50-51(47,48)49-38-37-44(3,4)5)43-42(46)36-34-32-30-28-26-23-19-17-15-13-11-9-7-2/h40-41,45H,6-39H2,1-5H3,(H-,43,46,47,48)/t40-,41+/m0/s1. The predicted octanol–water partition coefficient (Wildman–Crippen LogP) is 11.2. The Labute approximate surface area is 317 Å². The Morgan fingerprint density at radius 1 is 0.608 bits per heavy atom. The number of phosphoric acid groups is 1. The van der Waals surface area contributed by atoms with E-state index in [2.05, 4.69) is 19.2 Å². The second-order valence-electron chi connectivity index (χ2n) is 16.4. The molecule has 0 aliphatic rings. The lowest BCUT2D eigenvalue weighted by Gasteiger charge is -2.30. The Kier molecular flexibility index (Phi) is 34.9. The summed E-state index contributed by atoms with van der Waals surface area (Å²) in [5.74, 6) is -0.163. The smallest absolute Gasteiger partial charge is 0.268 e. The van der Waals surface area contributed by atoms with Gasteiger partial charge in [0.25, 0.3) is 7.82 Å². The summed E-state index contributed by atoms with van der Waals surface area (Å²) < 4.78 is 23.2. The van der Waals surface area contributed by atoms with E-state index >= 15 is 0 Å². The first-order valence-electron chi connectivity index (χ1n) is 21.9. The Bertz CT molecular complexity index is 809. The van der Waals surface area contributed by atoms with Gasteiger partial charge in [-0.3, -0.25) is 9.36 Å². The van der Waals surface area contributed by atoms with E-state index in [1.54, 1.807) is 0 Å². The van der Waals surface area contributed by atoms with Crippen LogP contribution in [0, 0.1) is 0 Å². The van der Waals surface area contributed by atoms with E-state index in [-0.39, 0.29) is 19.1 Å². The molecule has 0 saturated heterocycles. The van der Waals surface area contributed by atoms with Gasteiger partial charge in [-0.1, -0.05) is 194 Å². The highest BCUT2D eigenvalue weighted by atomic mass is 31.2. The molecule has 1 amide bonds. The van der Waals surface area contributed by atoms with Crippen LogP contribution in [0.3, 0.4) is 0 Å². The number of aliphatic hydroxyl groups excluding tert-OH is 1. The fourth-order valence-corrected chi connectivity index (χ4v) is 7.29. The minimum absolute atomic E-state index is 0.0160. The Morgan fingerprint density at radius 3 is 1.33 bits per heavy atom. The van der Waals surface area contributed by atoms with E-state index in [0.29, 0.717) is 23.9 Å². The molecule has 0 aromatic rings. The number of phosphoric ester groups is 1. The van der Waals surface area contributed by atoms with Gasteiger partial charge < -0.3 is 28.8 Å². The lowest BCUT2D eigenvalue weighted by atomic mass is 10.0. The van der Waals surface area contributed by atoms with Gasteiger partial charge in [0.1, 0.15) is 13.2 Å². The van der Waals surface area contributed by atoms with E-state index < -0.39 is 20.0 Å². The number of hydrogen-bond acceptors (Lipinski definition) is 6. The van der Waals surface area contributed by atoms with E-state index in [4.69, 9.17) is 9.05 Å². The number of unbranched alkanes of at least 4 members (excludes halogenated alkanes) is 27. The summed E-state index contributed by atoms with van der Waals surface area (Å²) >= 11 is 0. The minimum atomic E-state index is -4.55. The van der Waals surface area contributed by atoms with Crippen molar-refractivity contribution in [1.29, 1.82) is 0 Å². The molecule has 0 radical (unpaired) electrons. The number of carbonyl (C=O) groups excluding carboxylic acids is 1. The van der Waals surface area contributed by atoms with Gasteiger partial charge in [0, 0.05) is 6.42 Å². The number of aliphatic hydroxyl groups is 1. The van der Waals surface area contributed by atoms with E-state index in [9.17, 15) is 19.4 Å². The van der Waals surface area contributed by atoms with Crippen LogP contribution < -0.4 is 10.2 Å². The predicted molar refractivity (Wildman–Crippen MR) is 215 cm³/mol. The van der Waals surface area contributed by atoms with Gasteiger partial charge in [0.15, 0.2) is 0 Å². The fraction of sp³-hybridized carbons (Fsp3) is 0.976. The third-order valence-corrected chi connectivity index (χ3v) is 11.1. The van der Waals surface area contributed by atoms with Crippen molar-refractivity contribution < 1.29 is 32.9 Å². The first kappa shape index (κ1) is 50.5. The van der Waals surface area contributed by atoms with Crippen LogP contribution in [0.15, 0.2) is 0 Å². The quantitative estimate of drug-likeness (QED) is 0.0367. The molecular formula is C42H87N2O6P. The van der Waals surface area contributed by atoms with E-state index in [1.165, 1.54) is 148 Å². The molecule has 306 valence electrons. The summed E-state index contributed by atoms with van der Waals surface area (Å²) in [4.78, 5) is 25.3. The molecule has 2 N–H and O–H groups in total. The molecule has 0 aliphatic carbocycles. The van der Waals surface area contributed by atoms with Crippen molar-refractivity contribution in [3.63, 3.8) is 0 Å². The number of nitrogens with one attached hydrogen (secondary N) is 1. The summed E-state index contributed by atoms with van der Waals surface area (Å²) in [6.45, 7) is 4.73. The van der Waals surface area contributed by atoms with Crippen molar-refractivity contribution in [3.05, 3.63) is 0 Å². The molecule has 0 rings (SSSR count). The van der Waals surface area contributed by atoms with Gasteiger partial charge in [-0.05, 0) is 12.8 Å². The van der Waals surface area contributed by atoms with Crippen LogP contribution in [-0.4, -0.2) is 68.5 Å². The van der Waals surface area contributed by atoms with Crippen LogP contribution in [-0.2, 0) is 18.4 Å². The average molecular weight is 747 g/mol. The molecule has 1 unspecified atom stereocenters. The van der Waals surface area contributed by atoms with Crippen LogP contribution >= 0.6 is 7.82 Å². The Hall–Kier alpha value is -0.500. The summed E-state index contributed by atoms with van der Waals surface area (Å²) in [6, 6.07) is -0.792. The van der Waals surface area contributed by atoms with Crippen LogP contribution in [0.25, 0.3) is 0 Å². The Morgan fingerprint density at radius 2 is 0.961 bits per heavy atom. The van der Waals surface area contributed by atoms with Gasteiger partial charge >= 0.3 is 0 Å². The molecule has 51 heavy (non-hydrogen) atoms. The van der Waals surface area contributed by atoms with Crippen LogP contribution in [0.1, 0.15) is 213 Å². The zero-order chi connectivity index (χ0) is 37.9. The maximum absolute atomic E-state index is 12.8. The summed E-state index contributed by atoms with van der Waals surface area (Å²) in [7, 11) is 1.32. The molecule has 0 bridgehead atoms. The van der Waals surface area contributed by atoms with Crippen molar-refractivity contribution in [2.24, 2.45) is 0 Å². The van der Waals surface area contributed by atoms with Crippen LogP contribution in [0.4, 0.5) is 0 Å². The zero-order valence-corrected chi connectivity index (χ0v) is 35.5. The first-order valence-corrected chi connectivity index (χ1v) is 23.3. The molecule has 0 aliphatic heterocycles. The third-order valence-electron chi connectivity index (χ3n) is 10.1. The lowest BCUT2D eigenvalue weighted by Crippen LogP contribution is -2.46. The fourth-order valence-electron chi connectivity index (χ4n) is 6.57. The minimum Gasteiger partial charge on any atom is -0.756 e. The SMILES string of the molecule is CCCCCCCCCCCCCCCCCC[C@@H](O)[C@H](COP(=O)([O-])OCC[N+](C)(C)C)NC(=O)CCCCCCCCCCCCCCC. The van der Waals surface area contributed by atoms with Crippen molar-refractivity contribution in [1.82, 2.24) is 5.32 Å². The molecule has 0 fully saturated rings. The highest BCUT2D eigenvalue weighted by Crippen LogP contribution is 2.38. The number of carbonyl (C=O) groups is 1. The first-order chi connectivity index (χ1) is 24.5. The topological polar surface area (TPSA) is 108 Å². The number of nitrogens with zero attached hydrogens (tertiary/aromatic N) is 1. The molecule has 3 atom stereocenters. The normalized spacial score (nSPS) is 14.4. The number of rotatable bonds is 40. The van der Waals surface area contributed by atoms with Gasteiger partial charge in [-0.15, -0.1) is 0 Å². The number of hydrogen-bond donors (Lipinski definition) is 2. The average Bonchev–Trinajstić information content (AvgIpc) is 3.07. The van der Waals surface area contributed by atoms with Crippen molar-refractivity contribution in [3.8, 4) is 0 Å². The van der Waals surface area contributed by atoms with E-state index in [0.717, 1.165) is 38.5 Å².